The number of esters is 1. The summed E-state index contributed by atoms with van der Waals surface area (Å²) in [6, 6.07) is 0. The molecule has 0 amide bonds. The van der Waals surface area contributed by atoms with Crippen molar-refractivity contribution in [3.63, 3.8) is 0 Å². The van der Waals surface area contributed by atoms with Crippen LogP contribution in [0.2, 0.25) is 0 Å². The predicted octanol–water partition coefficient (Wildman–Crippen LogP) is 2.84. The van der Waals surface area contributed by atoms with Gasteiger partial charge in [0.25, 0.3) is 0 Å². The molecule has 1 aromatic heterocycles. The van der Waals surface area contributed by atoms with Crippen molar-refractivity contribution in [1.29, 1.82) is 0 Å². The first-order valence-corrected chi connectivity index (χ1v) is 8.80. The number of ether oxygens (including phenoxy) is 2. The van der Waals surface area contributed by atoms with Gasteiger partial charge in [0, 0.05) is 13.1 Å². The highest BCUT2D eigenvalue weighted by Crippen LogP contribution is 2.45. The Labute approximate surface area is 133 Å². The molecule has 1 aromatic rings. The van der Waals surface area contributed by atoms with Gasteiger partial charge in [0.05, 0.1) is 29.4 Å². The van der Waals surface area contributed by atoms with Crippen LogP contribution in [-0.4, -0.2) is 44.1 Å². The molecule has 1 aliphatic heterocycles. The molecule has 5 nitrogen and oxygen atoms in total. The van der Waals surface area contributed by atoms with Gasteiger partial charge in [-0.05, 0) is 27.0 Å². The van der Waals surface area contributed by atoms with Crippen molar-refractivity contribution in [3.05, 3.63) is 4.88 Å². The molecule has 2 heterocycles. The number of hydrogen-bond donors (Lipinski definition) is 1. The lowest BCUT2D eigenvalue weighted by Crippen LogP contribution is -2.51. The van der Waals surface area contributed by atoms with E-state index < -0.39 is 0 Å². The number of rotatable bonds is 3. The first-order chi connectivity index (χ1) is 9.79. The van der Waals surface area contributed by atoms with Crippen molar-refractivity contribution in [2.45, 2.75) is 37.4 Å². The lowest BCUT2D eigenvalue weighted by Gasteiger charge is -2.42. The van der Waals surface area contributed by atoms with Crippen LogP contribution >= 0.6 is 23.1 Å². The van der Waals surface area contributed by atoms with Crippen molar-refractivity contribution < 1.29 is 14.3 Å². The molecule has 1 unspecified atom stereocenters. The Hall–Kier alpha value is -0.920. The van der Waals surface area contributed by atoms with Crippen LogP contribution in [0.5, 0.6) is 0 Å². The number of nitrogen functional groups attached to an aromatic ring is 1. The Bertz CT molecular complexity index is 543. The molecular formula is C14H22N2O3S2. The monoisotopic (exact) mass is 330 g/mol. The van der Waals surface area contributed by atoms with Gasteiger partial charge in [-0.25, -0.2) is 4.79 Å². The van der Waals surface area contributed by atoms with E-state index in [1.165, 1.54) is 18.4 Å². The van der Waals surface area contributed by atoms with E-state index in [2.05, 4.69) is 25.7 Å². The molecule has 1 atom stereocenters. The summed E-state index contributed by atoms with van der Waals surface area (Å²) in [5.41, 5.74) is 6.43. The van der Waals surface area contributed by atoms with Crippen LogP contribution in [0.25, 0.3) is 0 Å². The van der Waals surface area contributed by atoms with Crippen LogP contribution in [-0.2, 0) is 9.47 Å². The van der Waals surface area contributed by atoms with Crippen LogP contribution in [0, 0.1) is 0 Å². The van der Waals surface area contributed by atoms with Crippen LogP contribution in [0.1, 0.15) is 30.4 Å². The second-order valence-corrected chi connectivity index (χ2v) is 7.56. The van der Waals surface area contributed by atoms with E-state index >= 15 is 0 Å². The number of methoxy groups -OCH3 is 1. The molecule has 0 aliphatic carbocycles. The van der Waals surface area contributed by atoms with Crippen molar-refractivity contribution in [2.75, 3.05) is 37.1 Å². The van der Waals surface area contributed by atoms with Crippen molar-refractivity contribution >= 4 is 39.8 Å². The Kier molecular flexibility index (Phi) is 4.75. The SMILES string of the molecule is COC(=O)c1sc(N2CC(C)OC(C)(C)C2)c(SC)c1N. The molecule has 2 rings (SSSR count). The fourth-order valence-corrected chi connectivity index (χ4v) is 4.78. The summed E-state index contributed by atoms with van der Waals surface area (Å²) in [5.74, 6) is -0.375. The molecule has 0 aromatic carbocycles. The molecule has 0 radical (unpaired) electrons. The molecule has 7 heteroatoms. The van der Waals surface area contributed by atoms with Gasteiger partial charge in [-0.1, -0.05) is 0 Å². The second kappa shape index (κ2) is 6.06. The third-order valence-corrected chi connectivity index (χ3v) is 5.51. The summed E-state index contributed by atoms with van der Waals surface area (Å²) in [5, 5.41) is 1.03. The van der Waals surface area contributed by atoms with Gasteiger partial charge in [-0.15, -0.1) is 23.1 Å². The normalized spacial score (nSPS) is 21.4. The summed E-state index contributed by atoms with van der Waals surface area (Å²) < 4.78 is 10.8. The Morgan fingerprint density at radius 1 is 1.57 bits per heavy atom. The molecule has 1 aliphatic rings. The minimum absolute atomic E-state index is 0.133. The van der Waals surface area contributed by atoms with Gasteiger partial charge in [0.15, 0.2) is 0 Å². The molecule has 0 bridgehead atoms. The van der Waals surface area contributed by atoms with Crippen molar-refractivity contribution in [2.24, 2.45) is 0 Å². The second-order valence-electron chi connectivity index (χ2n) is 5.74. The molecule has 0 saturated carbocycles. The maximum absolute atomic E-state index is 11.8. The maximum Gasteiger partial charge on any atom is 0.350 e. The smallest absolute Gasteiger partial charge is 0.350 e. The summed E-state index contributed by atoms with van der Waals surface area (Å²) in [4.78, 5) is 15.5. The fourth-order valence-electron chi connectivity index (χ4n) is 2.67. The summed E-state index contributed by atoms with van der Waals surface area (Å²) in [6.07, 6.45) is 2.10. The number of thioether (sulfide) groups is 1. The number of hydrogen-bond acceptors (Lipinski definition) is 7. The van der Waals surface area contributed by atoms with E-state index in [1.54, 1.807) is 11.8 Å². The predicted molar refractivity (Wildman–Crippen MR) is 88.7 cm³/mol. The largest absolute Gasteiger partial charge is 0.465 e. The Morgan fingerprint density at radius 2 is 2.24 bits per heavy atom. The van der Waals surface area contributed by atoms with E-state index in [0.29, 0.717) is 10.6 Å². The van der Waals surface area contributed by atoms with Gasteiger partial charge in [0.2, 0.25) is 0 Å². The first kappa shape index (κ1) is 16.5. The number of anilines is 2. The average Bonchev–Trinajstić information content (AvgIpc) is 2.72. The van der Waals surface area contributed by atoms with E-state index in [4.69, 9.17) is 15.2 Å². The fraction of sp³-hybridized carbons (Fsp3) is 0.643. The quantitative estimate of drug-likeness (QED) is 0.679. The number of nitrogens with two attached hydrogens (primary N) is 1. The van der Waals surface area contributed by atoms with Gasteiger partial charge in [-0.3, -0.25) is 0 Å². The van der Waals surface area contributed by atoms with E-state index in [0.717, 1.165) is 23.0 Å². The molecule has 21 heavy (non-hydrogen) atoms. The highest BCUT2D eigenvalue weighted by atomic mass is 32.2. The van der Waals surface area contributed by atoms with E-state index in [9.17, 15) is 4.79 Å². The molecule has 1 saturated heterocycles. The highest BCUT2D eigenvalue weighted by molar-refractivity contribution is 7.99. The minimum atomic E-state index is -0.375. The number of carbonyl (C=O) groups excluding carboxylic acids is 1. The minimum Gasteiger partial charge on any atom is -0.465 e. The third-order valence-electron chi connectivity index (χ3n) is 3.31. The van der Waals surface area contributed by atoms with Crippen LogP contribution in [0.4, 0.5) is 10.7 Å². The van der Waals surface area contributed by atoms with Gasteiger partial charge in [-0.2, -0.15) is 0 Å². The number of thiophene rings is 1. The number of carbonyl (C=O) groups is 1. The van der Waals surface area contributed by atoms with E-state index in [-0.39, 0.29) is 17.7 Å². The van der Waals surface area contributed by atoms with Gasteiger partial charge >= 0.3 is 5.97 Å². The number of nitrogens with zero attached hydrogens (tertiary/aromatic N) is 1. The van der Waals surface area contributed by atoms with Crippen molar-refractivity contribution in [3.8, 4) is 0 Å². The Balaban J connectivity index is 2.41. The van der Waals surface area contributed by atoms with Crippen LogP contribution in [0.3, 0.4) is 0 Å². The maximum atomic E-state index is 11.8. The third kappa shape index (κ3) is 3.30. The van der Waals surface area contributed by atoms with Crippen molar-refractivity contribution in [1.82, 2.24) is 0 Å². The average molecular weight is 330 g/mol. The zero-order valence-electron chi connectivity index (χ0n) is 13.1. The van der Waals surface area contributed by atoms with Crippen LogP contribution < -0.4 is 10.6 Å². The van der Waals surface area contributed by atoms with Gasteiger partial charge in [0.1, 0.15) is 9.88 Å². The molecular weight excluding hydrogens is 308 g/mol. The zero-order valence-corrected chi connectivity index (χ0v) is 14.7. The molecule has 118 valence electrons. The van der Waals surface area contributed by atoms with Crippen LogP contribution in [0.15, 0.2) is 4.90 Å². The number of morpholine rings is 1. The topological polar surface area (TPSA) is 64.8 Å². The molecule has 0 spiro atoms. The first-order valence-electron chi connectivity index (χ1n) is 6.76. The standard InChI is InChI=1S/C14H22N2O3S2/c1-8-6-16(7-14(2,3)19-8)12-10(20-5)9(15)11(21-12)13(17)18-4/h8H,6-7,15H2,1-5H3. The molecule has 1 fully saturated rings. The lowest BCUT2D eigenvalue weighted by molar-refractivity contribution is -0.0749. The zero-order chi connectivity index (χ0) is 15.8. The summed E-state index contributed by atoms with van der Waals surface area (Å²) >= 11 is 2.96. The Morgan fingerprint density at radius 3 is 2.76 bits per heavy atom. The highest BCUT2D eigenvalue weighted by Gasteiger charge is 2.34. The molecule has 2 N–H and O–H groups in total. The lowest BCUT2D eigenvalue weighted by atomic mass is 10.1. The van der Waals surface area contributed by atoms with Gasteiger partial charge < -0.3 is 20.1 Å². The van der Waals surface area contributed by atoms with E-state index in [1.807, 2.05) is 6.26 Å². The summed E-state index contributed by atoms with van der Waals surface area (Å²) in [6.45, 7) is 7.77. The summed E-state index contributed by atoms with van der Waals surface area (Å²) in [7, 11) is 1.37.